The van der Waals surface area contributed by atoms with Crippen molar-refractivity contribution in [3.05, 3.63) is 29.8 Å². The Morgan fingerprint density at radius 3 is 2.36 bits per heavy atom. The van der Waals surface area contributed by atoms with E-state index < -0.39 is 27.3 Å². The molecule has 0 bridgehead atoms. The number of amides is 1. The molecule has 1 atom stereocenters. The van der Waals surface area contributed by atoms with Crippen molar-refractivity contribution in [3.63, 3.8) is 0 Å². The van der Waals surface area contributed by atoms with E-state index >= 15 is 0 Å². The fourth-order valence-corrected chi connectivity index (χ4v) is 2.57. The molecule has 0 spiro atoms. The molecule has 0 saturated heterocycles. The second kappa shape index (κ2) is 6.48. The largest absolute Gasteiger partial charge is 0.481 e. The molecule has 6 nitrogen and oxygen atoms in total. The first-order valence-electron chi connectivity index (χ1n) is 6.80. The summed E-state index contributed by atoms with van der Waals surface area (Å²) in [5, 5.41) is 11.7. The summed E-state index contributed by atoms with van der Waals surface area (Å²) in [6.45, 7) is 5.29. The summed E-state index contributed by atoms with van der Waals surface area (Å²) in [5.41, 5.74) is -0.746. The van der Waals surface area contributed by atoms with Crippen molar-refractivity contribution >= 4 is 21.7 Å². The molecular formula is C15H21NO5S. The maximum Gasteiger partial charge on any atom is 0.305 e. The molecule has 22 heavy (non-hydrogen) atoms. The highest BCUT2D eigenvalue weighted by Crippen LogP contribution is 2.22. The van der Waals surface area contributed by atoms with Crippen LogP contribution in [0, 0.1) is 5.92 Å². The van der Waals surface area contributed by atoms with Gasteiger partial charge in [0.05, 0.1) is 16.9 Å². The number of nitrogens with one attached hydrogen (secondary N) is 1. The van der Waals surface area contributed by atoms with E-state index in [1.165, 1.54) is 24.3 Å². The van der Waals surface area contributed by atoms with E-state index in [4.69, 9.17) is 5.11 Å². The summed E-state index contributed by atoms with van der Waals surface area (Å²) in [4.78, 5) is 23.4. The van der Waals surface area contributed by atoms with Crippen molar-refractivity contribution < 1.29 is 23.1 Å². The molecule has 0 aromatic heterocycles. The molecule has 1 aromatic carbocycles. The lowest BCUT2D eigenvalue weighted by atomic mass is 9.85. The SMILES string of the molecule is CC(C)C(C)(CC(=O)O)NC(=O)c1cccc(S(C)(=O)=O)c1. The summed E-state index contributed by atoms with van der Waals surface area (Å²) in [7, 11) is -3.41. The fraction of sp³-hybridized carbons (Fsp3) is 0.467. The number of carboxylic acid groups (broad SMARTS) is 1. The van der Waals surface area contributed by atoms with Crippen LogP contribution in [0.1, 0.15) is 37.6 Å². The third-order valence-corrected chi connectivity index (χ3v) is 4.83. The lowest BCUT2D eigenvalue weighted by molar-refractivity contribution is -0.138. The molecule has 1 aromatic rings. The maximum absolute atomic E-state index is 12.3. The van der Waals surface area contributed by atoms with Gasteiger partial charge in [-0.05, 0) is 31.0 Å². The van der Waals surface area contributed by atoms with Gasteiger partial charge in [0.2, 0.25) is 0 Å². The van der Waals surface area contributed by atoms with Gasteiger partial charge in [-0.25, -0.2) is 8.42 Å². The average molecular weight is 327 g/mol. The normalized spacial score (nSPS) is 14.4. The van der Waals surface area contributed by atoms with Crippen LogP contribution in [0.15, 0.2) is 29.2 Å². The highest BCUT2D eigenvalue weighted by molar-refractivity contribution is 7.90. The number of carboxylic acids is 1. The summed E-state index contributed by atoms with van der Waals surface area (Å²) in [6, 6.07) is 5.66. The van der Waals surface area contributed by atoms with Gasteiger partial charge in [0.1, 0.15) is 0 Å². The van der Waals surface area contributed by atoms with Crippen molar-refractivity contribution in [2.75, 3.05) is 6.26 Å². The van der Waals surface area contributed by atoms with E-state index in [0.29, 0.717) is 0 Å². The minimum Gasteiger partial charge on any atom is -0.481 e. The van der Waals surface area contributed by atoms with Gasteiger partial charge in [-0.1, -0.05) is 19.9 Å². The van der Waals surface area contributed by atoms with Crippen LogP contribution in [0.3, 0.4) is 0 Å². The summed E-state index contributed by atoms with van der Waals surface area (Å²) >= 11 is 0. The summed E-state index contributed by atoms with van der Waals surface area (Å²) in [6.07, 6.45) is 0.842. The maximum atomic E-state index is 12.3. The Balaban J connectivity index is 3.08. The quantitative estimate of drug-likeness (QED) is 0.828. The van der Waals surface area contributed by atoms with Crippen LogP contribution in [-0.2, 0) is 14.6 Å². The summed E-state index contributed by atoms with van der Waals surface area (Å²) < 4.78 is 23.1. The van der Waals surface area contributed by atoms with E-state index in [0.717, 1.165) is 6.26 Å². The van der Waals surface area contributed by atoms with E-state index in [1.54, 1.807) is 6.92 Å². The van der Waals surface area contributed by atoms with Crippen LogP contribution >= 0.6 is 0 Å². The molecule has 0 heterocycles. The molecule has 0 fully saturated rings. The molecule has 0 aliphatic carbocycles. The summed E-state index contributed by atoms with van der Waals surface area (Å²) in [5.74, 6) is -1.62. The minimum absolute atomic E-state index is 0.0460. The molecule has 1 unspecified atom stereocenters. The van der Waals surface area contributed by atoms with Crippen molar-refractivity contribution in [1.82, 2.24) is 5.32 Å². The van der Waals surface area contributed by atoms with Crippen LogP contribution in [0.5, 0.6) is 0 Å². The van der Waals surface area contributed by atoms with E-state index in [1.807, 2.05) is 13.8 Å². The molecule has 122 valence electrons. The third kappa shape index (κ3) is 4.56. The number of sulfone groups is 1. The van der Waals surface area contributed by atoms with Crippen molar-refractivity contribution in [3.8, 4) is 0 Å². The number of carbonyl (C=O) groups excluding carboxylic acids is 1. The highest BCUT2D eigenvalue weighted by atomic mass is 32.2. The van der Waals surface area contributed by atoms with Gasteiger partial charge in [-0.2, -0.15) is 0 Å². The smallest absolute Gasteiger partial charge is 0.305 e. The van der Waals surface area contributed by atoms with Crippen molar-refractivity contribution in [2.45, 2.75) is 37.6 Å². The molecule has 0 radical (unpaired) electrons. The van der Waals surface area contributed by atoms with Crippen LogP contribution in [0.25, 0.3) is 0 Å². The zero-order chi connectivity index (χ0) is 17.1. The van der Waals surface area contributed by atoms with Crippen molar-refractivity contribution in [1.29, 1.82) is 0 Å². The van der Waals surface area contributed by atoms with Crippen molar-refractivity contribution in [2.24, 2.45) is 5.92 Å². The number of aliphatic carboxylic acids is 1. The van der Waals surface area contributed by atoms with E-state index in [9.17, 15) is 18.0 Å². The topological polar surface area (TPSA) is 101 Å². The van der Waals surface area contributed by atoms with E-state index in [2.05, 4.69) is 5.32 Å². The Hall–Kier alpha value is -1.89. The second-order valence-corrected chi connectivity index (χ2v) is 7.91. The molecule has 2 N–H and O–H groups in total. The van der Waals surface area contributed by atoms with Crippen LogP contribution in [0.2, 0.25) is 0 Å². The molecule has 7 heteroatoms. The number of benzene rings is 1. The number of hydrogen-bond donors (Lipinski definition) is 2. The average Bonchev–Trinajstić information content (AvgIpc) is 2.36. The Morgan fingerprint density at radius 2 is 1.91 bits per heavy atom. The molecule has 1 rings (SSSR count). The van der Waals surface area contributed by atoms with Gasteiger partial charge in [-0.3, -0.25) is 9.59 Å². The lowest BCUT2D eigenvalue weighted by Crippen LogP contribution is -2.51. The molecular weight excluding hydrogens is 306 g/mol. The minimum atomic E-state index is -3.41. The third-order valence-electron chi connectivity index (χ3n) is 3.72. The van der Waals surface area contributed by atoms with E-state index in [-0.39, 0.29) is 22.8 Å². The van der Waals surface area contributed by atoms with Gasteiger partial charge in [0.25, 0.3) is 5.91 Å². The Kier molecular flexibility index (Phi) is 5.35. The molecule has 1 amide bonds. The zero-order valence-electron chi connectivity index (χ0n) is 13.1. The number of hydrogen-bond acceptors (Lipinski definition) is 4. The second-order valence-electron chi connectivity index (χ2n) is 5.90. The van der Waals surface area contributed by atoms with Gasteiger partial charge >= 0.3 is 5.97 Å². The van der Waals surface area contributed by atoms with Crippen LogP contribution in [0.4, 0.5) is 0 Å². The monoisotopic (exact) mass is 327 g/mol. The van der Waals surface area contributed by atoms with Crippen LogP contribution < -0.4 is 5.32 Å². The number of rotatable bonds is 6. The lowest BCUT2D eigenvalue weighted by Gasteiger charge is -2.33. The highest BCUT2D eigenvalue weighted by Gasteiger charge is 2.33. The van der Waals surface area contributed by atoms with Gasteiger partial charge in [0, 0.05) is 11.8 Å². The Morgan fingerprint density at radius 1 is 1.32 bits per heavy atom. The molecule has 0 saturated carbocycles. The van der Waals surface area contributed by atoms with Gasteiger partial charge in [0.15, 0.2) is 9.84 Å². The Bertz CT molecular complexity index is 681. The number of carbonyl (C=O) groups is 2. The standard InChI is InChI=1S/C15H21NO5S/c1-10(2)15(3,9-13(17)18)16-14(19)11-6-5-7-12(8-11)22(4,20)21/h5-8,10H,9H2,1-4H3,(H,16,19)(H,17,18). The first-order valence-corrected chi connectivity index (χ1v) is 8.69. The van der Waals surface area contributed by atoms with Crippen LogP contribution in [-0.4, -0.2) is 37.2 Å². The predicted molar refractivity (Wildman–Crippen MR) is 82.5 cm³/mol. The van der Waals surface area contributed by atoms with Gasteiger partial charge < -0.3 is 10.4 Å². The first kappa shape index (κ1) is 18.2. The molecule has 0 aliphatic heterocycles. The molecule has 0 aliphatic rings. The Labute approximate surface area is 130 Å². The first-order chi connectivity index (χ1) is 9.95. The zero-order valence-corrected chi connectivity index (χ0v) is 13.9. The van der Waals surface area contributed by atoms with Gasteiger partial charge in [-0.15, -0.1) is 0 Å². The fourth-order valence-electron chi connectivity index (χ4n) is 1.91. The predicted octanol–water partition coefficient (Wildman–Crippen LogP) is 1.71.